The van der Waals surface area contributed by atoms with Crippen LogP contribution in [0.25, 0.3) is 0 Å². The highest BCUT2D eigenvalue weighted by molar-refractivity contribution is 5.79. The van der Waals surface area contributed by atoms with E-state index in [1.807, 2.05) is 0 Å². The van der Waals surface area contributed by atoms with Crippen molar-refractivity contribution in [3.63, 3.8) is 0 Å². The van der Waals surface area contributed by atoms with Gasteiger partial charge >= 0.3 is 12.1 Å². The molecule has 1 aromatic rings. The molecule has 110 valence electrons. The zero-order valence-electron chi connectivity index (χ0n) is 11.7. The van der Waals surface area contributed by atoms with Crippen LogP contribution in [0.15, 0.2) is 6.20 Å². The number of carbonyl (C=O) groups is 2. The molecule has 0 unspecified atom stereocenters. The van der Waals surface area contributed by atoms with Crippen molar-refractivity contribution in [2.24, 2.45) is 0 Å². The Morgan fingerprint density at radius 2 is 2.15 bits per heavy atom. The van der Waals surface area contributed by atoms with Crippen LogP contribution in [-0.2, 0) is 21.6 Å². The monoisotopic (exact) mass is 282 g/mol. The van der Waals surface area contributed by atoms with Gasteiger partial charge in [0.1, 0.15) is 11.3 Å². The Balaban J connectivity index is 1.91. The number of aliphatic carboxylic acids is 1. The topological polar surface area (TPSA) is 106 Å². The van der Waals surface area contributed by atoms with Gasteiger partial charge in [-0.05, 0) is 33.6 Å². The van der Waals surface area contributed by atoms with Gasteiger partial charge in [-0.3, -0.25) is 0 Å². The van der Waals surface area contributed by atoms with Crippen LogP contribution in [0.3, 0.4) is 0 Å². The van der Waals surface area contributed by atoms with E-state index in [1.165, 1.54) is 4.68 Å². The van der Waals surface area contributed by atoms with Crippen LogP contribution in [0.2, 0.25) is 0 Å². The predicted octanol–water partition coefficient (Wildman–Crippen LogP) is 0.876. The summed E-state index contributed by atoms with van der Waals surface area (Å²) in [6.45, 7) is 5.45. The third-order valence-electron chi connectivity index (χ3n) is 2.91. The Morgan fingerprint density at radius 3 is 2.65 bits per heavy atom. The number of nitrogens with one attached hydrogen (secondary N) is 1. The summed E-state index contributed by atoms with van der Waals surface area (Å²) in [7, 11) is 0. The lowest BCUT2D eigenvalue weighted by Crippen LogP contribution is -2.32. The number of alkyl carbamates (subject to hydrolysis) is 1. The summed E-state index contributed by atoms with van der Waals surface area (Å²) in [6, 6.07) is 0. The number of rotatable bonds is 4. The lowest BCUT2D eigenvalue weighted by Gasteiger charge is -2.19. The van der Waals surface area contributed by atoms with Gasteiger partial charge in [-0.2, -0.15) is 0 Å². The van der Waals surface area contributed by atoms with Crippen LogP contribution in [0.1, 0.15) is 39.3 Å². The van der Waals surface area contributed by atoms with Gasteiger partial charge < -0.3 is 15.2 Å². The Labute approximate surface area is 116 Å². The van der Waals surface area contributed by atoms with Crippen molar-refractivity contribution in [1.29, 1.82) is 0 Å². The lowest BCUT2D eigenvalue weighted by molar-refractivity contribution is -0.142. The van der Waals surface area contributed by atoms with Crippen molar-refractivity contribution >= 4 is 12.1 Å². The minimum absolute atomic E-state index is 0.143. The van der Waals surface area contributed by atoms with Crippen molar-refractivity contribution in [3.8, 4) is 0 Å². The van der Waals surface area contributed by atoms with Gasteiger partial charge in [0.25, 0.3) is 0 Å². The first-order valence-corrected chi connectivity index (χ1v) is 6.35. The van der Waals surface area contributed by atoms with Crippen molar-refractivity contribution in [3.05, 3.63) is 11.9 Å². The minimum Gasteiger partial charge on any atom is -0.479 e. The summed E-state index contributed by atoms with van der Waals surface area (Å²) in [5, 5.41) is 19.3. The fourth-order valence-electron chi connectivity index (χ4n) is 1.72. The van der Waals surface area contributed by atoms with Crippen LogP contribution in [0, 0.1) is 0 Å². The summed E-state index contributed by atoms with van der Waals surface area (Å²) in [5.41, 5.74) is -1.02. The maximum Gasteiger partial charge on any atom is 0.407 e. The van der Waals surface area contributed by atoms with Gasteiger partial charge in [0.2, 0.25) is 0 Å². The maximum atomic E-state index is 11.5. The number of nitrogens with zero attached hydrogens (tertiary/aromatic N) is 3. The summed E-state index contributed by atoms with van der Waals surface area (Å²) in [4.78, 5) is 22.6. The first kappa shape index (κ1) is 14.3. The number of hydrogen-bond donors (Lipinski definition) is 2. The van der Waals surface area contributed by atoms with Crippen LogP contribution in [0.4, 0.5) is 4.79 Å². The molecule has 1 saturated carbocycles. The van der Waals surface area contributed by atoms with Gasteiger partial charge in [0.05, 0.1) is 12.7 Å². The summed E-state index contributed by atoms with van der Waals surface area (Å²) < 4.78 is 6.43. The second kappa shape index (κ2) is 4.77. The number of aromatic nitrogens is 3. The van der Waals surface area contributed by atoms with Crippen molar-refractivity contribution in [1.82, 2.24) is 20.3 Å². The first-order valence-electron chi connectivity index (χ1n) is 6.35. The van der Waals surface area contributed by atoms with E-state index in [0.29, 0.717) is 18.5 Å². The second-order valence-corrected chi connectivity index (χ2v) is 5.85. The normalized spacial score (nSPS) is 16.6. The number of carboxylic acid groups (broad SMARTS) is 1. The third kappa shape index (κ3) is 3.06. The number of carbonyl (C=O) groups excluding carboxylic acids is 1. The Hall–Kier alpha value is -2.12. The average molecular weight is 282 g/mol. The molecule has 0 aliphatic heterocycles. The van der Waals surface area contributed by atoms with Crippen LogP contribution < -0.4 is 5.32 Å². The quantitative estimate of drug-likeness (QED) is 0.849. The number of carboxylic acids is 1. The molecular formula is C12H18N4O4. The number of amides is 1. The molecule has 1 heterocycles. The molecule has 2 N–H and O–H groups in total. The van der Waals surface area contributed by atoms with Crippen molar-refractivity contribution < 1.29 is 19.4 Å². The molecule has 0 spiro atoms. The summed E-state index contributed by atoms with van der Waals surface area (Å²) >= 11 is 0. The highest BCUT2D eigenvalue weighted by Crippen LogP contribution is 2.42. The highest BCUT2D eigenvalue weighted by Gasteiger charge is 2.53. The van der Waals surface area contributed by atoms with Gasteiger partial charge in [0, 0.05) is 0 Å². The van der Waals surface area contributed by atoms with E-state index in [0.717, 1.165) is 0 Å². The summed E-state index contributed by atoms with van der Waals surface area (Å²) in [5.74, 6) is -0.908. The molecule has 0 radical (unpaired) electrons. The molecule has 1 aliphatic carbocycles. The van der Waals surface area contributed by atoms with Gasteiger partial charge in [-0.25, -0.2) is 14.3 Å². The van der Waals surface area contributed by atoms with Gasteiger partial charge in [0.15, 0.2) is 5.54 Å². The van der Waals surface area contributed by atoms with E-state index in [2.05, 4.69) is 15.6 Å². The number of hydrogen-bond acceptors (Lipinski definition) is 5. The molecule has 8 nitrogen and oxygen atoms in total. The zero-order valence-corrected chi connectivity index (χ0v) is 11.7. The van der Waals surface area contributed by atoms with Crippen LogP contribution >= 0.6 is 0 Å². The molecule has 1 amide bonds. The van der Waals surface area contributed by atoms with Crippen LogP contribution in [-0.4, -0.2) is 37.8 Å². The molecule has 0 atom stereocenters. The average Bonchev–Trinajstić information content (AvgIpc) is 2.98. The molecule has 1 aromatic heterocycles. The molecular weight excluding hydrogens is 264 g/mol. The molecule has 20 heavy (non-hydrogen) atoms. The van der Waals surface area contributed by atoms with E-state index < -0.39 is 23.2 Å². The fraction of sp³-hybridized carbons (Fsp3) is 0.667. The maximum absolute atomic E-state index is 11.5. The highest BCUT2D eigenvalue weighted by atomic mass is 16.6. The SMILES string of the molecule is CC(C)(C)OC(=O)NCc1cn(C2(C(=O)O)CC2)nn1. The molecule has 0 bridgehead atoms. The van der Waals surface area contributed by atoms with E-state index >= 15 is 0 Å². The second-order valence-electron chi connectivity index (χ2n) is 5.85. The largest absolute Gasteiger partial charge is 0.479 e. The number of ether oxygens (including phenoxy) is 1. The fourth-order valence-corrected chi connectivity index (χ4v) is 1.72. The van der Waals surface area contributed by atoms with Gasteiger partial charge in [-0.1, -0.05) is 5.21 Å². The smallest absolute Gasteiger partial charge is 0.407 e. The molecule has 0 aromatic carbocycles. The van der Waals surface area contributed by atoms with Crippen LogP contribution in [0.5, 0.6) is 0 Å². The molecule has 1 aliphatic rings. The van der Waals surface area contributed by atoms with Gasteiger partial charge in [-0.15, -0.1) is 5.10 Å². The molecule has 2 rings (SSSR count). The Kier molecular flexibility index (Phi) is 3.41. The lowest BCUT2D eigenvalue weighted by atomic mass is 10.2. The summed E-state index contributed by atoms with van der Waals surface area (Å²) in [6.07, 6.45) is 2.08. The van der Waals surface area contributed by atoms with E-state index in [4.69, 9.17) is 9.84 Å². The van der Waals surface area contributed by atoms with Crippen molar-refractivity contribution in [2.45, 2.75) is 51.3 Å². The Morgan fingerprint density at radius 1 is 1.50 bits per heavy atom. The van der Waals surface area contributed by atoms with E-state index in [9.17, 15) is 9.59 Å². The van der Waals surface area contributed by atoms with Crippen molar-refractivity contribution in [2.75, 3.05) is 0 Å². The predicted molar refractivity (Wildman–Crippen MR) is 67.9 cm³/mol. The third-order valence-corrected chi connectivity index (χ3v) is 2.91. The van der Waals surface area contributed by atoms with E-state index in [1.54, 1.807) is 27.0 Å². The minimum atomic E-state index is -0.947. The standard InChI is InChI=1S/C12H18N4O4/c1-11(2,3)20-10(19)13-6-8-7-16(15-14-8)12(4-5-12)9(17)18/h7H,4-6H2,1-3H3,(H,13,19)(H,17,18). The first-order chi connectivity index (χ1) is 9.23. The Bertz CT molecular complexity index is 528. The zero-order chi connectivity index (χ0) is 15.0. The molecule has 8 heteroatoms. The van der Waals surface area contributed by atoms with E-state index in [-0.39, 0.29) is 6.54 Å². The molecule has 1 fully saturated rings. The molecule has 0 saturated heterocycles.